The van der Waals surface area contributed by atoms with Crippen LogP contribution >= 0.6 is 0 Å². The van der Waals surface area contributed by atoms with Gasteiger partial charge in [0.15, 0.2) is 11.7 Å². The smallest absolute Gasteiger partial charge is 0.326 e. The fourth-order valence-corrected chi connectivity index (χ4v) is 2.58. The lowest BCUT2D eigenvalue weighted by molar-refractivity contribution is -0.158. The van der Waals surface area contributed by atoms with Gasteiger partial charge in [-0.3, -0.25) is 14.4 Å². The number of hydrogen-bond acceptors (Lipinski definition) is 5. The largest absolute Gasteiger partial charge is 0.465 e. The van der Waals surface area contributed by atoms with Crippen LogP contribution in [-0.4, -0.2) is 24.3 Å². The quantitative estimate of drug-likeness (QED) is 0.491. The number of ether oxygens (including phenoxy) is 1. The van der Waals surface area contributed by atoms with Crippen molar-refractivity contribution in [2.45, 2.75) is 25.8 Å². The average Bonchev–Trinajstić information content (AvgIpc) is 2.40. The summed E-state index contributed by atoms with van der Waals surface area (Å²) in [6.07, 6.45) is -0.220. The molecule has 0 radical (unpaired) electrons. The number of nitrogens with one attached hydrogen (secondary N) is 1. The first kappa shape index (κ1) is 15.9. The van der Waals surface area contributed by atoms with Gasteiger partial charge in [0.05, 0.1) is 12.1 Å². The van der Waals surface area contributed by atoms with Crippen LogP contribution in [0.2, 0.25) is 0 Å². The molecule has 3 N–H and O–H groups in total. The van der Waals surface area contributed by atoms with Gasteiger partial charge in [0.1, 0.15) is 5.82 Å². The van der Waals surface area contributed by atoms with E-state index in [1.807, 2.05) is 0 Å². The molecule has 7 heteroatoms. The van der Waals surface area contributed by atoms with Crippen LogP contribution in [0.1, 0.15) is 25.8 Å². The third-order valence-corrected chi connectivity index (χ3v) is 3.62. The van der Waals surface area contributed by atoms with E-state index < -0.39 is 34.9 Å². The van der Waals surface area contributed by atoms with Gasteiger partial charge in [-0.2, -0.15) is 0 Å². The van der Waals surface area contributed by atoms with Crippen molar-refractivity contribution in [3.05, 3.63) is 29.6 Å². The second kappa shape index (κ2) is 5.75. The molecular formula is C15H17FN2O4. The van der Waals surface area contributed by atoms with Gasteiger partial charge < -0.3 is 15.8 Å². The second-order valence-corrected chi connectivity index (χ2v) is 5.39. The topological polar surface area (TPSA) is 98.5 Å². The van der Waals surface area contributed by atoms with E-state index in [1.54, 1.807) is 6.92 Å². The van der Waals surface area contributed by atoms with E-state index in [9.17, 15) is 18.8 Å². The number of piperidine rings is 1. The first-order chi connectivity index (χ1) is 10.3. The van der Waals surface area contributed by atoms with Gasteiger partial charge in [0.25, 0.3) is 0 Å². The van der Waals surface area contributed by atoms with Gasteiger partial charge in [-0.1, -0.05) is 0 Å². The molecule has 118 valence electrons. The Morgan fingerprint density at radius 2 is 2.18 bits per heavy atom. The standard InChI is InChI=1S/C15H17FN2O4/c1-3-22-14(21)12-11(19)7-15(2,18-13(12)20)9-6-8(17)4-5-10(9)16/h4-6,12H,3,7,17H2,1-2H3,(H,18,20)/t12-,15-/m0/s1. The fourth-order valence-electron chi connectivity index (χ4n) is 2.58. The molecule has 1 heterocycles. The van der Waals surface area contributed by atoms with Crippen LogP contribution in [0.25, 0.3) is 0 Å². The van der Waals surface area contributed by atoms with E-state index in [0.29, 0.717) is 5.69 Å². The Kier molecular flexibility index (Phi) is 4.16. The normalized spacial score (nSPS) is 24.8. The molecule has 1 saturated heterocycles. The third-order valence-electron chi connectivity index (χ3n) is 3.62. The summed E-state index contributed by atoms with van der Waals surface area (Å²) in [5, 5.41) is 2.54. The minimum atomic E-state index is -1.50. The maximum atomic E-state index is 14.0. The summed E-state index contributed by atoms with van der Waals surface area (Å²) in [6.45, 7) is 3.16. The molecule has 0 aromatic heterocycles. The number of esters is 1. The summed E-state index contributed by atoms with van der Waals surface area (Å²) < 4.78 is 18.7. The van der Waals surface area contributed by atoms with Crippen LogP contribution in [-0.2, 0) is 24.7 Å². The van der Waals surface area contributed by atoms with Crippen LogP contribution in [0, 0.1) is 11.7 Å². The maximum absolute atomic E-state index is 14.0. The number of ketones is 1. The van der Waals surface area contributed by atoms with Crippen LogP contribution < -0.4 is 11.1 Å². The minimum absolute atomic E-state index is 0.0665. The molecule has 0 unspecified atom stereocenters. The van der Waals surface area contributed by atoms with E-state index >= 15 is 0 Å². The first-order valence-electron chi connectivity index (χ1n) is 6.85. The number of nitrogens with two attached hydrogens (primary N) is 1. The number of amides is 1. The Labute approximate surface area is 126 Å². The van der Waals surface area contributed by atoms with Gasteiger partial charge in [-0.15, -0.1) is 0 Å². The van der Waals surface area contributed by atoms with Crippen LogP contribution in [0.3, 0.4) is 0 Å². The predicted molar refractivity (Wildman–Crippen MR) is 76.1 cm³/mol. The van der Waals surface area contributed by atoms with Crippen LogP contribution in [0.4, 0.5) is 10.1 Å². The first-order valence-corrected chi connectivity index (χ1v) is 6.85. The van der Waals surface area contributed by atoms with Crippen molar-refractivity contribution in [3.63, 3.8) is 0 Å². The monoisotopic (exact) mass is 308 g/mol. The third kappa shape index (κ3) is 2.79. The Hall–Kier alpha value is -2.44. The van der Waals surface area contributed by atoms with E-state index in [0.717, 1.165) is 0 Å². The molecule has 0 spiro atoms. The van der Waals surface area contributed by atoms with E-state index in [4.69, 9.17) is 10.5 Å². The van der Waals surface area contributed by atoms with Gasteiger partial charge in [0.2, 0.25) is 5.91 Å². The van der Waals surface area contributed by atoms with Gasteiger partial charge in [-0.05, 0) is 32.0 Å². The van der Waals surface area contributed by atoms with E-state index in [1.165, 1.54) is 25.1 Å². The zero-order valence-electron chi connectivity index (χ0n) is 12.3. The molecule has 0 bridgehead atoms. The minimum Gasteiger partial charge on any atom is -0.465 e. The highest BCUT2D eigenvalue weighted by molar-refractivity contribution is 6.18. The Balaban J connectivity index is 2.33. The predicted octanol–water partition coefficient (Wildman–Crippen LogP) is 0.891. The number of nitrogen functional groups attached to an aromatic ring is 1. The van der Waals surface area contributed by atoms with Crippen molar-refractivity contribution in [2.24, 2.45) is 5.92 Å². The zero-order valence-corrected chi connectivity index (χ0v) is 12.3. The number of anilines is 1. The summed E-state index contributed by atoms with van der Waals surface area (Å²) in [7, 11) is 0. The van der Waals surface area contributed by atoms with Gasteiger partial charge in [0, 0.05) is 17.7 Å². The molecule has 1 aromatic carbocycles. The molecule has 6 nitrogen and oxygen atoms in total. The number of hydrogen-bond donors (Lipinski definition) is 2. The van der Waals surface area contributed by atoms with Crippen molar-refractivity contribution in [1.29, 1.82) is 0 Å². The van der Waals surface area contributed by atoms with Crippen molar-refractivity contribution in [3.8, 4) is 0 Å². The molecule has 22 heavy (non-hydrogen) atoms. The molecule has 0 aliphatic carbocycles. The van der Waals surface area contributed by atoms with E-state index in [-0.39, 0.29) is 18.6 Å². The Morgan fingerprint density at radius 3 is 2.77 bits per heavy atom. The zero-order chi connectivity index (χ0) is 16.5. The van der Waals surface area contributed by atoms with Crippen LogP contribution in [0.5, 0.6) is 0 Å². The number of Topliss-reactive ketones (excluding diaryl/α,β-unsaturated/α-hetero) is 1. The van der Waals surface area contributed by atoms with Crippen LogP contribution in [0.15, 0.2) is 18.2 Å². The van der Waals surface area contributed by atoms with Crippen molar-refractivity contribution < 1.29 is 23.5 Å². The lowest BCUT2D eigenvalue weighted by Gasteiger charge is -2.37. The van der Waals surface area contributed by atoms with Crippen molar-refractivity contribution >= 4 is 23.3 Å². The molecule has 1 amide bonds. The highest BCUT2D eigenvalue weighted by atomic mass is 19.1. The Bertz CT molecular complexity index is 626. The molecular weight excluding hydrogens is 291 g/mol. The molecule has 1 fully saturated rings. The summed E-state index contributed by atoms with van der Waals surface area (Å²) in [5.41, 5.74) is 4.81. The summed E-state index contributed by atoms with van der Waals surface area (Å²) >= 11 is 0. The number of rotatable bonds is 3. The summed E-state index contributed by atoms with van der Waals surface area (Å²) in [4.78, 5) is 36.0. The average molecular weight is 308 g/mol. The maximum Gasteiger partial charge on any atom is 0.326 e. The molecule has 2 atom stereocenters. The number of halogens is 1. The SMILES string of the molecule is CCOC(=O)[C@H]1C(=O)C[C@@](C)(c2cc(N)ccc2F)NC1=O. The lowest BCUT2D eigenvalue weighted by Crippen LogP contribution is -2.57. The highest BCUT2D eigenvalue weighted by Gasteiger charge is 2.47. The molecule has 2 rings (SSSR count). The van der Waals surface area contributed by atoms with E-state index in [2.05, 4.69) is 5.32 Å². The number of carbonyl (C=O) groups excluding carboxylic acids is 3. The van der Waals surface area contributed by atoms with Gasteiger partial charge in [-0.25, -0.2) is 4.39 Å². The molecule has 1 aliphatic rings. The van der Waals surface area contributed by atoms with Crippen molar-refractivity contribution in [1.82, 2.24) is 5.32 Å². The number of benzene rings is 1. The molecule has 1 aliphatic heterocycles. The van der Waals surface area contributed by atoms with Crippen molar-refractivity contribution in [2.75, 3.05) is 12.3 Å². The second-order valence-electron chi connectivity index (χ2n) is 5.39. The summed E-state index contributed by atoms with van der Waals surface area (Å²) in [5.74, 6) is -4.37. The van der Waals surface area contributed by atoms with Gasteiger partial charge >= 0.3 is 5.97 Å². The number of carbonyl (C=O) groups is 3. The molecule has 1 aromatic rings. The fraction of sp³-hybridized carbons (Fsp3) is 0.400. The highest BCUT2D eigenvalue weighted by Crippen LogP contribution is 2.33. The summed E-state index contributed by atoms with van der Waals surface area (Å²) in [6, 6.07) is 3.92. The lowest BCUT2D eigenvalue weighted by atomic mass is 9.79. The molecule has 0 saturated carbocycles. The Morgan fingerprint density at radius 1 is 1.50 bits per heavy atom.